The van der Waals surface area contributed by atoms with Crippen molar-refractivity contribution in [2.75, 3.05) is 26.4 Å². The van der Waals surface area contributed by atoms with Crippen LogP contribution in [0.4, 0.5) is 17.6 Å². The van der Waals surface area contributed by atoms with Gasteiger partial charge >= 0.3 is 12.1 Å². The van der Waals surface area contributed by atoms with Crippen molar-refractivity contribution in [2.24, 2.45) is 5.92 Å². The van der Waals surface area contributed by atoms with E-state index in [1.165, 1.54) is 0 Å². The summed E-state index contributed by atoms with van der Waals surface area (Å²) in [4.78, 5) is 25.2. The molecule has 7 nitrogen and oxygen atoms in total. The van der Waals surface area contributed by atoms with Crippen LogP contribution in [0.3, 0.4) is 0 Å². The van der Waals surface area contributed by atoms with E-state index >= 15 is 0 Å². The third-order valence-corrected chi connectivity index (χ3v) is 5.64. The quantitative estimate of drug-likeness (QED) is 0.477. The average Bonchev–Trinajstić information content (AvgIpc) is 3.13. The van der Waals surface area contributed by atoms with Crippen molar-refractivity contribution in [2.45, 2.75) is 52.3 Å². The highest BCUT2D eigenvalue weighted by Gasteiger charge is 2.36. The van der Waals surface area contributed by atoms with E-state index in [4.69, 9.17) is 9.47 Å². The zero-order chi connectivity index (χ0) is 25.6. The number of hydrogen-bond donors (Lipinski definition) is 1. The number of fused-ring (bicyclic) bond motifs is 1. The molecule has 1 N–H and O–H groups in total. The first-order chi connectivity index (χ1) is 16.6. The summed E-state index contributed by atoms with van der Waals surface area (Å²) >= 11 is 0. The van der Waals surface area contributed by atoms with Crippen molar-refractivity contribution in [3.05, 3.63) is 52.1 Å². The Kier molecular flexibility index (Phi) is 8.87. The van der Waals surface area contributed by atoms with Gasteiger partial charge in [-0.25, -0.2) is 9.18 Å². The van der Waals surface area contributed by atoms with E-state index in [1.807, 2.05) is 6.92 Å². The van der Waals surface area contributed by atoms with E-state index in [1.54, 1.807) is 11.6 Å². The third-order valence-electron chi connectivity index (χ3n) is 5.64. The molecule has 0 saturated carbocycles. The smallest absolute Gasteiger partial charge is 0.417 e. The molecule has 0 radical (unpaired) electrons. The summed E-state index contributed by atoms with van der Waals surface area (Å²) in [5, 5.41) is 7.48. The molecular weight excluding hydrogens is 470 g/mol. The zero-order valence-corrected chi connectivity index (χ0v) is 19.7. The van der Waals surface area contributed by atoms with Crippen LogP contribution in [-0.4, -0.2) is 48.0 Å². The van der Waals surface area contributed by atoms with E-state index in [9.17, 15) is 27.2 Å². The van der Waals surface area contributed by atoms with Crippen molar-refractivity contribution in [3.8, 4) is 0 Å². The van der Waals surface area contributed by atoms with E-state index in [2.05, 4.69) is 10.4 Å². The fraction of sp³-hybridized carbons (Fsp3) is 0.542. The van der Waals surface area contributed by atoms with E-state index < -0.39 is 29.1 Å². The Morgan fingerprint density at radius 1 is 1.29 bits per heavy atom. The highest BCUT2D eigenvalue weighted by atomic mass is 19.4. The summed E-state index contributed by atoms with van der Waals surface area (Å²) in [6.07, 6.45) is -2.32. The predicted molar refractivity (Wildman–Crippen MR) is 119 cm³/mol. The number of rotatable bonds is 6. The van der Waals surface area contributed by atoms with Crippen LogP contribution in [0.5, 0.6) is 0 Å². The van der Waals surface area contributed by atoms with Crippen molar-refractivity contribution in [1.29, 1.82) is 0 Å². The standard InChI is InChI=1S/C24H29F4N3O4/c1-3-19-21-20(6-4-10-34-11-5-9-29-22(21)32)31(30-19)13-15(2)14-35-23(33)17-12-16(25)7-8-18(17)24(26,27)28/h7-8,12,15H,3-6,9-11,13-14H2,1-2H3,(H,29,32)/t15-/m1/s1. The lowest BCUT2D eigenvalue weighted by atomic mass is 10.1. The summed E-state index contributed by atoms with van der Waals surface area (Å²) in [6, 6.07) is 1.69. The molecule has 11 heteroatoms. The predicted octanol–water partition coefficient (Wildman–Crippen LogP) is 4.18. The number of halogens is 4. The van der Waals surface area contributed by atoms with Gasteiger partial charge in [-0.2, -0.15) is 18.3 Å². The minimum Gasteiger partial charge on any atom is -0.462 e. The molecule has 0 aliphatic carbocycles. The molecule has 0 spiro atoms. The molecule has 1 aliphatic heterocycles. The van der Waals surface area contributed by atoms with Crippen molar-refractivity contribution in [3.63, 3.8) is 0 Å². The second-order valence-electron chi connectivity index (χ2n) is 8.52. The van der Waals surface area contributed by atoms with Crippen LogP contribution < -0.4 is 5.32 Å². The molecule has 1 aliphatic rings. The summed E-state index contributed by atoms with van der Waals surface area (Å²) < 4.78 is 65.5. The lowest BCUT2D eigenvalue weighted by Crippen LogP contribution is -2.27. The Morgan fingerprint density at radius 3 is 2.74 bits per heavy atom. The first-order valence-corrected chi connectivity index (χ1v) is 11.6. The van der Waals surface area contributed by atoms with Crippen LogP contribution in [0.25, 0.3) is 0 Å². The van der Waals surface area contributed by atoms with Gasteiger partial charge in [0, 0.05) is 32.2 Å². The molecule has 3 rings (SSSR count). The first-order valence-electron chi connectivity index (χ1n) is 11.6. The number of ether oxygens (including phenoxy) is 2. The van der Waals surface area contributed by atoms with Crippen LogP contribution in [0.15, 0.2) is 18.2 Å². The highest BCUT2D eigenvalue weighted by Crippen LogP contribution is 2.32. The average molecular weight is 500 g/mol. The second-order valence-corrected chi connectivity index (χ2v) is 8.52. The second kappa shape index (κ2) is 11.7. The molecule has 1 amide bonds. The van der Waals surface area contributed by atoms with Crippen molar-refractivity contribution < 1.29 is 36.6 Å². The van der Waals surface area contributed by atoms with Crippen LogP contribution in [-0.2, 0) is 35.0 Å². The number of alkyl halides is 3. The number of aromatic nitrogens is 2. The molecular formula is C24H29F4N3O4. The van der Waals surface area contributed by atoms with Gasteiger partial charge in [0.05, 0.1) is 34.7 Å². The van der Waals surface area contributed by atoms with E-state index in [-0.39, 0.29) is 25.0 Å². The number of esters is 1. The molecule has 1 aromatic carbocycles. The normalized spacial score (nSPS) is 16.1. The topological polar surface area (TPSA) is 82.5 Å². The molecule has 1 atom stereocenters. The Hall–Kier alpha value is -2.95. The van der Waals surface area contributed by atoms with Gasteiger partial charge in [-0.05, 0) is 43.9 Å². The maximum Gasteiger partial charge on any atom is 0.417 e. The number of amides is 1. The van der Waals surface area contributed by atoms with Gasteiger partial charge in [-0.3, -0.25) is 9.48 Å². The minimum atomic E-state index is -4.82. The fourth-order valence-electron chi connectivity index (χ4n) is 3.95. The summed E-state index contributed by atoms with van der Waals surface area (Å²) in [7, 11) is 0. The number of carbonyl (C=O) groups excluding carboxylic acids is 2. The van der Waals surface area contributed by atoms with E-state index in [0.717, 1.165) is 5.69 Å². The molecule has 192 valence electrons. The first kappa shape index (κ1) is 26.7. The summed E-state index contributed by atoms with van der Waals surface area (Å²) in [5.74, 6) is -2.76. The molecule has 2 aromatic rings. The zero-order valence-electron chi connectivity index (χ0n) is 19.7. The summed E-state index contributed by atoms with van der Waals surface area (Å²) in [6.45, 7) is 5.31. The monoisotopic (exact) mass is 499 g/mol. The van der Waals surface area contributed by atoms with Crippen molar-refractivity contribution >= 4 is 11.9 Å². The number of nitrogens with zero attached hydrogens (tertiary/aromatic N) is 2. The molecule has 0 fully saturated rings. The molecule has 2 heterocycles. The van der Waals surface area contributed by atoms with Crippen LogP contribution in [0, 0.1) is 11.7 Å². The minimum absolute atomic E-state index is 0.199. The van der Waals surface area contributed by atoms with E-state index in [0.29, 0.717) is 74.9 Å². The van der Waals surface area contributed by atoms with Crippen molar-refractivity contribution in [1.82, 2.24) is 15.1 Å². The number of benzene rings is 1. The summed E-state index contributed by atoms with van der Waals surface area (Å²) in [5.41, 5.74) is -0.201. The van der Waals surface area contributed by atoms with Crippen LogP contribution >= 0.6 is 0 Å². The number of carbonyl (C=O) groups is 2. The lowest BCUT2D eigenvalue weighted by molar-refractivity contribution is -0.138. The van der Waals surface area contributed by atoms with Gasteiger partial charge in [-0.15, -0.1) is 0 Å². The van der Waals surface area contributed by atoms with Gasteiger partial charge in [0.15, 0.2) is 0 Å². The Morgan fingerprint density at radius 2 is 2.03 bits per heavy atom. The maximum atomic E-state index is 13.5. The Labute approximate surface area is 200 Å². The van der Waals surface area contributed by atoms with Crippen LogP contribution in [0.1, 0.15) is 64.4 Å². The molecule has 0 bridgehead atoms. The number of nitrogens with one attached hydrogen (secondary N) is 1. The molecule has 1 aromatic heterocycles. The van der Waals surface area contributed by atoms with Gasteiger partial charge < -0.3 is 14.8 Å². The third kappa shape index (κ3) is 6.81. The molecule has 35 heavy (non-hydrogen) atoms. The molecule has 0 unspecified atom stereocenters. The highest BCUT2D eigenvalue weighted by molar-refractivity contribution is 5.96. The van der Waals surface area contributed by atoms with Gasteiger partial charge in [0.2, 0.25) is 0 Å². The SMILES string of the molecule is CCc1nn(C[C@@H](C)COC(=O)c2cc(F)ccc2C(F)(F)F)c2c1C(=O)NCCCOCCC2. The number of aryl methyl sites for hydroxylation is 1. The number of hydrogen-bond acceptors (Lipinski definition) is 5. The Bertz CT molecular complexity index is 1050. The van der Waals surface area contributed by atoms with Crippen LogP contribution in [0.2, 0.25) is 0 Å². The Balaban J connectivity index is 1.75. The maximum absolute atomic E-state index is 13.5. The van der Waals surface area contributed by atoms with Gasteiger partial charge in [-0.1, -0.05) is 13.8 Å². The van der Waals surface area contributed by atoms with Gasteiger partial charge in [0.1, 0.15) is 5.82 Å². The molecule has 0 saturated heterocycles. The van der Waals surface area contributed by atoms with Gasteiger partial charge in [0.25, 0.3) is 5.91 Å². The fourth-order valence-corrected chi connectivity index (χ4v) is 3.95. The lowest BCUT2D eigenvalue weighted by Gasteiger charge is -2.16. The largest absolute Gasteiger partial charge is 0.462 e.